The predicted molar refractivity (Wildman–Crippen MR) is 71.6 cm³/mol. The van der Waals surface area contributed by atoms with E-state index >= 15 is 0 Å². The summed E-state index contributed by atoms with van der Waals surface area (Å²) in [4.78, 5) is 0. The van der Waals surface area contributed by atoms with Crippen molar-refractivity contribution in [1.82, 2.24) is 0 Å². The maximum Gasteiger partial charge on any atom is 0.295 e. The topological polar surface area (TPSA) is 79.5 Å². The maximum absolute atomic E-state index is 12.0. The molecule has 0 bridgehead atoms. The largest absolute Gasteiger partial charge is 0.445 e. The molecule has 2 aromatic rings. The number of aliphatic hydroxyl groups excluding tert-OH is 1. The first-order chi connectivity index (χ1) is 8.92. The first kappa shape index (κ1) is 13.9. The van der Waals surface area contributed by atoms with Gasteiger partial charge in [-0.2, -0.15) is 8.42 Å². The molecule has 19 heavy (non-hydrogen) atoms. The zero-order valence-corrected chi connectivity index (χ0v) is 11.6. The molecule has 0 radical (unpaired) electrons. The summed E-state index contributed by atoms with van der Waals surface area (Å²) in [5.41, 5.74) is 1.20. The molecule has 102 valence electrons. The lowest BCUT2D eigenvalue weighted by atomic mass is 10.2. The molecule has 2 N–H and O–H groups in total. The van der Waals surface area contributed by atoms with Crippen molar-refractivity contribution in [1.29, 1.82) is 0 Å². The maximum atomic E-state index is 12.0. The van der Waals surface area contributed by atoms with E-state index in [1.54, 1.807) is 18.2 Å². The highest BCUT2D eigenvalue weighted by Gasteiger charge is 2.19. The molecule has 0 atom stereocenters. The van der Waals surface area contributed by atoms with E-state index in [-0.39, 0.29) is 23.1 Å². The number of furan rings is 1. The van der Waals surface area contributed by atoms with Crippen LogP contribution in [0.2, 0.25) is 5.02 Å². The highest BCUT2D eigenvalue weighted by Crippen LogP contribution is 2.26. The number of rotatable bonds is 4. The number of aliphatic hydroxyl groups is 1. The molecule has 0 saturated heterocycles. The van der Waals surface area contributed by atoms with Gasteiger partial charge in [-0.15, -0.1) is 0 Å². The molecule has 2 rings (SSSR count). The van der Waals surface area contributed by atoms with Crippen LogP contribution in [0, 0.1) is 6.92 Å². The first-order valence-corrected chi connectivity index (χ1v) is 7.27. The summed E-state index contributed by atoms with van der Waals surface area (Å²) < 4.78 is 31.4. The predicted octanol–water partition coefficient (Wildman–Crippen LogP) is 2.53. The molecule has 7 heteroatoms. The van der Waals surface area contributed by atoms with Crippen LogP contribution in [0.25, 0.3) is 0 Å². The second kappa shape index (κ2) is 5.24. The molecule has 0 amide bonds. The molecule has 1 aromatic heterocycles. The van der Waals surface area contributed by atoms with Crippen LogP contribution in [-0.4, -0.2) is 13.5 Å². The monoisotopic (exact) mass is 301 g/mol. The molecular formula is C12H12ClNO4S. The van der Waals surface area contributed by atoms with Crippen molar-refractivity contribution in [2.24, 2.45) is 0 Å². The number of hydrogen-bond acceptors (Lipinski definition) is 4. The van der Waals surface area contributed by atoms with Crippen LogP contribution in [0.3, 0.4) is 0 Å². The normalized spacial score (nSPS) is 11.5. The molecule has 0 aliphatic heterocycles. The lowest BCUT2D eigenvalue weighted by Gasteiger charge is -2.08. The minimum atomic E-state index is -3.85. The van der Waals surface area contributed by atoms with Gasteiger partial charge in [-0.25, -0.2) is 0 Å². The average molecular weight is 302 g/mol. The third-order valence-corrected chi connectivity index (χ3v) is 3.98. The number of nitrogens with one attached hydrogen (secondary N) is 1. The van der Waals surface area contributed by atoms with E-state index in [9.17, 15) is 8.42 Å². The van der Waals surface area contributed by atoms with E-state index in [1.807, 2.05) is 6.92 Å². The van der Waals surface area contributed by atoms with E-state index in [1.165, 1.54) is 12.1 Å². The molecule has 0 saturated carbocycles. The van der Waals surface area contributed by atoms with Gasteiger partial charge >= 0.3 is 0 Å². The summed E-state index contributed by atoms with van der Waals surface area (Å²) >= 11 is 5.96. The van der Waals surface area contributed by atoms with Crippen LogP contribution in [0.5, 0.6) is 0 Å². The van der Waals surface area contributed by atoms with Gasteiger partial charge in [0.05, 0.1) is 10.7 Å². The van der Waals surface area contributed by atoms with Gasteiger partial charge in [0.1, 0.15) is 12.4 Å². The molecular weight excluding hydrogens is 290 g/mol. The summed E-state index contributed by atoms with van der Waals surface area (Å²) in [6, 6.07) is 7.64. The van der Waals surface area contributed by atoms with Crippen molar-refractivity contribution in [3.8, 4) is 0 Å². The Morgan fingerprint density at radius 3 is 2.63 bits per heavy atom. The van der Waals surface area contributed by atoms with Crippen molar-refractivity contribution in [3.05, 3.63) is 46.7 Å². The summed E-state index contributed by atoms with van der Waals surface area (Å²) in [5.74, 6) is 0.176. The van der Waals surface area contributed by atoms with Gasteiger partial charge in [0, 0.05) is 0 Å². The Kier molecular flexibility index (Phi) is 3.84. The number of sulfonamides is 1. The Bertz CT molecular complexity index is 694. The smallest absolute Gasteiger partial charge is 0.295 e. The van der Waals surface area contributed by atoms with Crippen molar-refractivity contribution in [2.45, 2.75) is 18.6 Å². The standard InChI is InChI=1S/C12H12ClNO4S/c1-8-2-4-11(10(13)6-8)14-19(16,17)12-5-3-9(7-15)18-12/h2-6,14-15H,7H2,1H3. The summed E-state index contributed by atoms with van der Waals surface area (Å²) in [7, 11) is -3.85. The van der Waals surface area contributed by atoms with Crippen LogP contribution >= 0.6 is 11.6 Å². The highest BCUT2D eigenvalue weighted by atomic mass is 35.5. The van der Waals surface area contributed by atoms with Gasteiger partial charge in [-0.1, -0.05) is 17.7 Å². The first-order valence-electron chi connectivity index (χ1n) is 5.41. The number of halogens is 1. The van der Waals surface area contributed by atoms with Gasteiger partial charge in [0.2, 0.25) is 5.09 Å². The third kappa shape index (κ3) is 3.09. The fraction of sp³-hybridized carbons (Fsp3) is 0.167. The minimum absolute atomic E-state index is 0.176. The third-order valence-electron chi connectivity index (χ3n) is 2.43. The summed E-state index contributed by atoms with van der Waals surface area (Å²) in [6.07, 6.45) is 0. The van der Waals surface area contributed by atoms with Crippen LogP contribution in [-0.2, 0) is 16.6 Å². The second-order valence-corrected chi connectivity index (χ2v) is 5.99. The van der Waals surface area contributed by atoms with E-state index < -0.39 is 10.0 Å². The molecule has 0 fully saturated rings. The number of hydrogen-bond donors (Lipinski definition) is 2. The molecule has 0 unspecified atom stereocenters. The molecule has 0 spiro atoms. The van der Waals surface area contributed by atoms with Gasteiger partial charge in [-0.05, 0) is 36.8 Å². The Morgan fingerprint density at radius 2 is 2.05 bits per heavy atom. The lowest BCUT2D eigenvalue weighted by Crippen LogP contribution is -2.12. The average Bonchev–Trinajstić information content (AvgIpc) is 2.82. The molecule has 5 nitrogen and oxygen atoms in total. The van der Waals surface area contributed by atoms with Crippen LogP contribution in [0.4, 0.5) is 5.69 Å². The van der Waals surface area contributed by atoms with Crippen LogP contribution in [0.1, 0.15) is 11.3 Å². The molecule has 0 aliphatic rings. The van der Waals surface area contributed by atoms with E-state index in [0.717, 1.165) is 5.56 Å². The number of anilines is 1. The number of benzene rings is 1. The summed E-state index contributed by atoms with van der Waals surface area (Å²) in [5, 5.41) is 8.88. The van der Waals surface area contributed by atoms with Crippen molar-refractivity contribution >= 4 is 27.3 Å². The van der Waals surface area contributed by atoms with Gasteiger partial charge < -0.3 is 9.52 Å². The molecule has 1 aromatic carbocycles. The molecule has 1 heterocycles. The quantitative estimate of drug-likeness (QED) is 0.909. The van der Waals surface area contributed by atoms with Crippen molar-refractivity contribution in [2.75, 3.05) is 4.72 Å². The SMILES string of the molecule is Cc1ccc(NS(=O)(=O)c2ccc(CO)o2)c(Cl)c1. The minimum Gasteiger partial charge on any atom is -0.445 e. The zero-order valence-electron chi connectivity index (χ0n) is 10.1. The second-order valence-electron chi connectivity index (χ2n) is 3.97. The van der Waals surface area contributed by atoms with Crippen molar-refractivity contribution < 1.29 is 17.9 Å². The highest BCUT2D eigenvalue weighted by molar-refractivity contribution is 7.92. The van der Waals surface area contributed by atoms with Gasteiger partial charge in [0.25, 0.3) is 10.0 Å². The van der Waals surface area contributed by atoms with Gasteiger partial charge in [0.15, 0.2) is 0 Å². The van der Waals surface area contributed by atoms with Gasteiger partial charge in [-0.3, -0.25) is 4.72 Å². The molecule has 0 aliphatic carbocycles. The summed E-state index contributed by atoms with van der Waals surface area (Å²) in [6.45, 7) is 1.49. The van der Waals surface area contributed by atoms with E-state index in [4.69, 9.17) is 21.1 Å². The van der Waals surface area contributed by atoms with E-state index in [0.29, 0.717) is 5.02 Å². The Balaban J connectivity index is 2.30. The van der Waals surface area contributed by atoms with Crippen LogP contribution < -0.4 is 4.72 Å². The van der Waals surface area contributed by atoms with Crippen molar-refractivity contribution in [3.63, 3.8) is 0 Å². The fourth-order valence-electron chi connectivity index (χ4n) is 1.49. The van der Waals surface area contributed by atoms with Crippen LogP contribution in [0.15, 0.2) is 39.8 Å². The Labute approximate surface area is 115 Å². The van der Waals surface area contributed by atoms with E-state index in [2.05, 4.69) is 4.72 Å². The zero-order chi connectivity index (χ0) is 14.0. The number of aryl methyl sites for hydroxylation is 1. The fourth-order valence-corrected chi connectivity index (χ4v) is 2.86. The Hall–Kier alpha value is -1.50. The Morgan fingerprint density at radius 1 is 1.32 bits per heavy atom. The lowest BCUT2D eigenvalue weighted by molar-refractivity contribution is 0.236.